The second kappa shape index (κ2) is 7.40. The Morgan fingerprint density at radius 3 is 2.72 bits per heavy atom. The van der Waals surface area contributed by atoms with Crippen LogP contribution in [0.25, 0.3) is 0 Å². The monoisotopic (exact) mass is 279 g/mol. The molecule has 0 aromatic rings. The third-order valence-corrected chi connectivity index (χ3v) is 4.91. The lowest BCUT2D eigenvalue weighted by atomic mass is 10.0. The zero-order chi connectivity index (χ0) is 13.6. The van der Waals surface area contributed by atoms with Crippen LogP contribution < -0.4 is 10.0 Å². The van der Waals surface area contributed by atoms with E-state index in [-0.39, 0.29) is 12.0 Å². The minimum Gasteiger partial charge on any atom is -0.378 e. The molecule has 2 atom stereocenters. The summed E-state index contributed by atoms with van der Waals surface area (Å²) in [6, 6.07) is 0. The predicted molar refractivity (Wildman–Crippen MR) is 71.6 cm³/mol. The lowest BCUT2D eigenvalue weighted by Crippen LogP contribution is -2.42. The summed E-state index contributed by atoms with van der Waals surface area (Å²) in [5, 5.41) is 3.00. The molecule has 108 valence electrons. The fourth-order valence-corrected chi connectivity index (χ4v) is 2.98. The van der Waals surface area contributed by atoms with Crippen LogP contribution in [0.1, 0.15) is 19.8 Å². The van der Waals surface area contributed by atoms with Gasteiger partial charge in [0.05, 0.1) is 6.10 Å². The van der Waals surface area contributed by atoms with Crippen molar-refractivity contribution in [3.63, 3.8) is 0 Å². The summed E-state index contributed by atoms with van der Waals surface area (Å²) in [5.41, 5.74) is 0. The number of nitrogens with zero attached hydrogens (tertiary/aromatic N) is 1. The van der Waals surface area contributed by atoms with Gasteiger partial charge < -0.3 is 10.1 Å². The first-order valence-electron chi connectivity index (χ1n) is 6.44. The van der Waals surface area contributed by atoms with Gasteiger partial charge in [0.2, 0.25) is 0 Å². The van der Waals surface area contributed by atoms with Crippen molar-refractivity contribution >= 4 is 10.2 Å². The Kier molecular flexibility index (Phi) is 6.51. The Labute approximate surface area is 110 Å². The van der Waals surface area contributed by atoms with Gasteiger partial charge in [0.1, 0.15) is 0 Å². The zero-order valence-electron chi connectivity index (χ0n) is 11.5. The zero-order valence-corrected chi connectivity index (χ0v) is 12.3. The second-order valence-corrected chi connectivity index (χ2v) is 6.62. The van der Waals surface area contributed by atoms with E-state index >= 15 is 0 Å². The van der Waals surface area contributed by atoms with Crippen molar-refractivity contribution in [2.24, 2.45) is 5.92 Å². The lowest BCUT2D eigenvalue weighted by molar-refractivity contribution is 0.106. The fourth-order valence-electron chi connectivity index (χ4n) is 1.97. The molecule has 1 aliphatic rings. The maximum Gasteiger partial charge on any atom is 0.279 e. The largest absolute Gasteiger partial charge is 0.378 e. The molecule has 1 fully saturated rings. The first-order valence-corrected chi connectivity index (χ1v) is 7.88. The van der Waals surface area contributed by atoms with Gasteiger partial charge in [-0.05, 0) is 33.4 Å². The van der Waals surface area contributed by atoms with Crippen molar-refractivity contribution in [3.05, 3.63) is 0 Å². The third kappa shape index (κ3) is 4.81. The molecule has 2 unspecified atom stereocenters. The van der Waals surface area contributed by atoms with E-state index in [1.165, 1.54) is 4.31 Å². The van der Waals surface area contributed by atoms with Crippen molar-refractivity contribution in [1.29, 1.82) is 0 Å². The van der Waals surface area contributed by atoms with E-state index in [1.807, 2.05) is 14.0 Å². The van der Waals surface area contributed by atoms with Gasteiger partial charge in [-0.3, -0.25) is 0 Å². The first kappa shape index (κ1) is 15.8. The van der Waals surface area contributed by atoms with Crippen LogP contribution in [-0.4, -0.2) is 59.2 Å². The number of rotatable bonds is 8. The minimum absolute atomic E-state index is 0.141. The number of ether oxygens (including phenoxy) is 1. The van der Waals surface area contributed by atoms with Gasteiger partial charge in [0, 0.05) is 32.7 Å². The molecule has 1 rings (SSSR count). The van der Waals surface area contributed by atoms with Crippen LogP contribution in [0.5, 0.6) is 0 Å². The van der Waals surface area contributed by atoms with Gasteiger partial charge in [-0.2, -0.15) is 12.7 Å². The molecule has 0 amide bonds. The van der Waals surface area contributed by atoms with Crippen molar-refractivity contribution in [1.82, 2.24) is 14.3 Å². The average Bonchev–Trinajstić information content (AvgIpc) is 2.72. The van der Waals surface area contributed by atoms with E-state index in [9.17, 15) is 8.42 Å². The topological polar surface area (TPSA) is 70.7 Å². The van der Waals surface area contributed by atoms with Crippen molar-refractivity contribution in [3.8, 4) is 0 Å². The van der Waals surface area contributed by atoms with Crippen LogP contribution in [0.4, 0.5) is 0 Å². The molecule has 2 N–H and O–H groups in total. The summed E-state index contributed by atoms with van der Waals surface area (Å²) in [6.07, 6.45) is 1.87. The highest BCUT2D eigenvalue weighted by atomic mass is 32.2. The van der Waals surface area contributed by atoms with Crippen LogP contribution in [0.2, 0.25) is 0 Å². The van der Waals surface area contributed by atoms with E-state index < -0.39 is 10.2 Å². The van der Waals surface area contributed by atoms with Crippen LogP contribution in [-0.2, 0) is 14.9 Å². The molecule has 0 aliphatic carbocycles. The predicted octanol–water partition coefficient (Wildman–Crippen LogP) is -0.213. The maximum atomic E-state index is 11.9. The smallest absolute Gasteiger partial charge is 0.279 e. The Morgan fingerprint density at radius 2 is 2.17 bits per heavy atom. The lowest BCUT2D eigenvalue weighted by Gasteiger charge is -2.20. The Bertz CT molecular complexity index is 334. The van der Waals surface area contributed by atoms with Crippen LogP contribution >= 0.6 is 0 Å². The van der Waals surface area contributed by atoms with Gasteiger partial charge in [-0.1, -0.05) is 0 Å². The van der Waals surface area contributed by atoms with Crippen LogP contribution in [0.15, 0.2) is 0 Å². The maximum absolute atomic E-state index is 11.9. The van der Waals surface area contributed by atoms with Gasteiger partial charge in [-0.15, -0.1) is 0 Å². The van der Waals surface area contributed by atoms with E-state index in [0.717, 1.165) is 26.0 Å². The fraction of sp³-hybridized carbons (Fsp3) is 1.00. The number of hydrogen-bond donors (Lipinski definition) is 2. The number of hydrogen-bond acceptors (Lipinski definition) is 4. The average molecular weight is 279 g/mol. The van der Waals surface area contributed by atoms with E-state index in [2.05, 4.69) is 10.0 Å². The number of nitrogens with one attached hydrogen (secondary N) is 2. The molecule has 1 aliphatic heterocycles. The van der Waals surface area contributed by atoms with Gasteiger partial charge in [-0.25, -0.2) is 4.72 Å². The van der Waals surface area contributed by atoms with Crippen LogP contribution in [0.3, 0.4) is 0 Å². The highest BCUT2D eigenvalue weighted by Gasteiger charge is 2.26. The summed E-state index contributed by atoms with van der Waals surface area (Å²) in [4.78, 5) is 0. The standard InChI is InChI=1S/C11H25N3O3S/c1-10-11(5-8-17-10)9-13-18(15,16)14(3)7-4-6-12-2/h10-13H,4-9H2,1-3H3. The van der Waals surface area contributed by atoms with Gasteiger partial charge in [0.25, 0.3) is 10.2 Å². The van der Waals surface area contributed by atoms with E-state index in [4.69, 9.17) is 4.74 Å². The summed E-state index contributed by atoms with van der Waals surface area (Å²) in [6.45, 7) is 4.51. The van der Waals surface area contributed by atoms with Crippen molar-refractivity contribution in [2.45, 2.75) is 25.9 Å². The highest BCUT2D eigenvalue weighted by Crippen LogP contribution is 2.19. The Balaban J connectivity index is 2.34. The molecule has 18 heavy (non-hydrogen) atoms. The highest BCUT2D eigenvalue weighted by molar-refractivity contribution is 7.87. The molecular formula is C11H25N3O3S. The molecule has 0 bridgehead atoms. The first-order chi connectivity index (χ1) is 8.47. The molecular weight excluding hydrogens is 254 g/mol. The molecule has 0 aromatic heterocycles. The molecule has 1 heterocycles. The van der Waals surface area contributed by atoms with Crippen LogP contribution in [0, 0.1) is 5.92 Å². The summed E-state index contributed by atoms with van der Waals surface area (Å²) in [5.74, 6) is 0.283. The molecule has 0 saturated carbocycles. The molecule has 7 heteroatoms. The summed E-state index contributed by atoms with van der Waals surface area (Å²) >= 11 is 0. The van der Waals surface area contributed by atoms with E-state index in [0.29, 0.717) is 13.1 Å². The summed E-state index contributed by atoms with van der Waals surface area (Å²) < 4.78 is 33.3. The Hall–Kier alpha value is -0.210. The minimum atomic E-state index is -3.35. The molecule has 0 radical (unpaired) electrons. The molecule has 0 aromatic carbocycles. The van der Waals surface area contributed by atoms with Gasteiger partial charge in [0.15, 0.2) is 0 Å². The third-order valence-electron chi connectivity index (χ3n) is 3.37. The normalized spacial score (nSPS) is 24.9. The van der Waals surface area contributed by atoms with E-state index in [1.54, 1.807) is 7.05 Å². The van der Waals surface area contributed by atoms with Gasteiger partial charge >= 0.3 is 0 Å². The summed E-state index contributed by atoms with van der Waals surface area (Å²) in [7, 11) is 0.107. The molecule has 1 saturated heterocycles. The SMILES string of the molecule is CNCCCN(C)S(=O)(=O)NCC1CCOC1C. The van der Waals surface area contributed by atoms with Crippen molar-refractivity contribution in [2.75, 3.05) is 40.3 Å². The van der Waals surface area contributed by atoms with Crippen molar-refractivity contribution < 1.29 is 13.2 Å². The Morgan fingerprint density at radius 1 is 1.44 bits per heavy atom. The molecule has 0 spiro atoms. The second-order valence-electron chi connectivity index (χ2n) is 4.76. The quantitative estimate of drug-likeness (QED) is 0.603. The molecule has 6 nitrogen and oxygen atoms in total.